The van der Waals surface area contributed by atoms with E-state index in [2.05, 4.69) is 0 Å². The molecule has 2 amide bonds. The maximum Gasteiger partial charge on any atom is 0.248 e. The molecule has 0 radical (unpaired) electrons. The Labute approximate surface area is 154 Å². The second-order valence-electron chi connectivity index (χ2n) is 5.59. The van der Waals surface area contributed by atoms with Gasteiger partial charge in [0.25, 0.3) is 0 Å². The van der Waals surface area contributed by atoms with E-state index in [1.54, 1.807) is 22.3 Å². The van der Waals surface area contributed by atoms with Crippen LogP contribution in [0.1, 0.15) is 4.88 Å². The van der Waals surface area contributed by atoms with Gasteiger partial charge < -0.3 is 15.4 Å². The van der Waals surface area contributed by atoms with Gasteiger partial charge in [0.15, 0.2) is 6.10 Å². The van der Waals surface area contributed by atoms with Gasteiger partial charge >= 0.3 is 0 Å². The Hall–Kier alpha value is -2.15. The Balaban J connectivity index is 1.66. The molecule has 1 atom stereocenters. The Morgan fingerprint density at radius 3 is 2.92 bits per heavy atom. The topological polar surface area (TPSA) is 72.6 Å². The zero-order chi connectivity index (χ0) is 17.8. The van der Waals surface area contributed by atoms with Crippen molar-refractivity contribution in [2.45, 2.75) is 6.10 Å². The molecule has 7 heteroatoms. The molecule has 1 aliphatic rings. The Morgan fingerprint density at radius 1 is 1.32 bits per heavy atom. The van der Waals surface area contributed by atoms with Crippen LogP contribution < -0.4 is 5.73 Å². The zero-order valence-corrected chi connectivity index (χ0v) is 14.9. The molecule has 0 aliphatic carbocycles. The molecule has 2 N–H and O–H groups in total. The summed E-state index contributed by atoms with van der Waals surface area (Å²) in [4.78, 5) is 27.1. The fraction of sp³-hybridized carbons (Fsp3) is 0.222. The summed E-state index contributed by atoms with van der Waals surface area (Å²) in [7, 11) is 0. The first-order valence-electron chi connectivity index (χ1n) is 7.76. The zero-order valence-electron chi connectivity index (χ0n) is 13.4. The highest BCUT2D eigenvalue weighted by atomic mass is 35.5. The van der Waals surface area contributed by atoms with Gasteiger partial charge in [-0.2, -0.15) is 0 Å². The molecule has 1 saturated heterocycles. The highest BCUT2D eigenvalue weighted by molar-refractivity contribution is 7.16. The van der Waals surface area contributed by atoms with Gasteiger partial charge in [0.05, 0.1) is 13.2 Å². The van der Waals surface area contributed by atoms with Crippen LogP contribution in [-0.2, 0) is 14.3 Å². The van der Waals surface area contributed by atoms with E-state index in [1.165, 1.54) is 6.08 Å². The smallest absolute Gasteiger partial charge is 0.248 e. The predicted octanol–water partition coefficient (Wildman–Crippen LogP) is 2.79. The van der Waals surface area contributed by atoms with Gasteiger partial charge in [-0.25, -0.2) is 0 Å². The summed E-state index contributed by atoms with van der Waals surface area (Å²) in [6.45, 7) is 0.951. The van der Waals surface area contributed by atoms with Gasteiger partial charge in [-0.05, 0) is 35.9 Å². The van der Waals surface area contributed by atoms with E-state index in [0.29, 0.717) is 18.2 Å². The van der Waals surface area contributed by atoms with Gasteiger partial charge in [0.1, 0.15) is 0 Å². The lowest BCUT2D eigenvalue weighted by atomic mass is 10.2. The molecule has 0 saturated carbocycles. The molecule has 25 heavy (non-hydrogen) atoms. The summed E-state index contributed by atoms with van der Waals surface area (Å²) < 4.78 is 5.24. The molecule has 130 valence electrons. The summed E-state index contributed by atoms with van der Waals surface area (Å²) in [5.41, 5.74) is 6.28. The quantitative estimate of drug-likeness (QED) is 0.834. The van der Waals surface area contributed by atoms with Crippen molar-refractivity contribution in [3.05, 3.63) is 52.4 Å². The number of primary amides is 1. The normalized spacial score (nSPS) is 17.8. The number of morpholine rings is 1. The summed E-state index contributed by atoms with van der Waals surface area (Å²) >= 11 is 7.60. The Kier molecular flexibility index (Phi) is 5.53. The minimum atomic E-state index is -0.734. The maximum absolute atomic E-state index is 12.3. The minimum absolute atomic E-state index is 0.160. The van der Waals surface area contributed by atoms with Crippen molar-refractivity contribution >= 4 is 40.8 Å². The number of amides is 2. The molecule has 1 aromatic carbocycles. The molecule has 2 heterocycles. The van der Waals surface area contributed by atoms with Crippen LogP contribution in [0.15, 0.2) is 42.5 Å². The number of carbonyl (C=O) groups excluding carboxylic acids is 2. The average molecular weight is 377 g/mol. The molecule has 2 aromatic rings. The molecule has 0 spiro atoms. The first-order chi connectivity index (χ1) is 12.0. The van der Waals surface area contributed by atoms with Crippen LogP contribution >= 0.6 is 22.9 Å². The van der Waals surface area contributed by atoms with E-state index in [0.717, 1.165) is 15.3 Å². The van der Waals surface area contributed by atoms with Crippen molar-refractivity contribution < 1.29 is 14.3 Å². The van der Waals surface area contributed by atoms with Crippen LogP contribution in [0.4, 0.5) is 0 Å². The van der Waals surface area contributed by atoms with Crippen molar-refractivity contribution in [2.24, 2.45) is 5.73 Å². The number of rotatable bonds is 4. The van der Waals surface area contributed by atoms with E-state index < -0.39 is 12.0 Å². The van der Waals surface area contributed by atoms with Crippen LogP contribution in [0, 0.1) is 0 Å². The minimum Gasteiger partial charge on any atom is -0.367 e. The summed E-state index contributed by atoms with van der Waals surface area (Å²) in [6, 6.07) is 11.6. The number of carbonyl (C=O) groups is 2. The fourth-order valence-electron chi connectivity index (χ4n) is 2.52. The first-order valence-corrected chi connectivity index (χ1v) is 8.96. The van der Waals surface area contributed by atoms with Gasteiger partial charge in [-0.15, -0.1) is 11.3 Å². The number of benzene rings is 1. The maximum atomic E-state index is 12.3. The van der Waals surface area contributed by atoms with E-state index in [-0.39, 0.29) is 12.5 Å². The number of hydrogen-bond acceptors (Lipinski definition) is 4. The highest BCUT2D eigenvalue weighted by Crippen LogP contribution is 2.30. The number of nitrogens with two attached hydrogens (primary N) is 1. The summed E-state index contributed by atoms with van der Waals surface area (Å²) in [5.74, 6) is -0.710. The molecular formula is C18H17ClN2O3S. The molecule has 5 nitrogen and oxygen atoms in total. The molecule has 3 rings (SSSR count). The van der Waals surface area contributed by atoms with E-state index >= 15 is 0 Å². The first kappa shape index (κ1) is 17.7. The number of thiophene rings is 1. The van der Waals surface area contributed by atoms with E-state index in [4.69, 9.17) is 22.1 Å². The lowest BCUT2D eigenvalue weighted by Gasteiger charge is -2.30. The Bertz CT molecular complexity index is 818. The lowest BCUT2D eigenvalue weighted by molar-refractivity contribution is -0.142. The summed E-state index contributed by atoms with van der Waals surface area (Å²) in [5, 5.41) is 0.689. The van der Waals surface area contributed by atoms with Crippen molar-refractivity contribution in [3.63, 3.8) is 0 Å². The largest absolute Gasteiger partial charge is 0.367 e. The van der Waals surface area contributed by atoms with Crippen molar-refractivity contribution in [2.75, 3.05) is 19.7 Å². The average Bonchev–Trinajstić information content (AvgIpc) is 3.09. The monoisotopic (exact) mass is 376 g/mol. The second kappa shape index (κ2) is 7.82. The third kappa shape index (κ3) is 4.48. The number of halogens is 1. The van der Waals surface area contributed by atoms with Gasteiger partial charge in [0, 0.05) is 27.4 Å². The van der Waals surface area contributed by atoms with E-state index in [1.807, 2.05) is 36.4 Å². The lowest BCUT2D eigenvalue weighted by Crippen LogP contribution is -2.50. The van der Waals surface area contributed by atoms with Crippen LogP contribution in [0.25, 0.3) is 16.5 Å². The van der Waals surface area contributed by atoms with Gasteiger partial charge in [-0.1, -0.05) is 23.7 Å². The van der Waals surface area contributed by atoms with Gasteiger partial charge in [0.2, 0.25) is 11.8 Å². The van der Waals surface area contributed by atoms with Crippen molar-refractivity contribution in [1.29, 1.82) is 0 Å². The number of nitrogens with zero attached hydrogens (tertiary/aromatic N) is 1. The van der Waals surface area contributed by atoms with Crippen LogP contribution in [0.5, 0.6) is 0 Å². The predicted molar refractivity (Wildman–Crippen MR) is 99.3 cm³/mol. The third-order valence-corrected chi connectivity index (χ3v) is 5.16. The highest BCUT2D eigenvalue weighted by Gasteiger charge is 2.26. The van der Waals surface area contributed by atoms with Gasteiger partial charge in [-0.3, -0.25) is 9.59 Å². The van der Waals surface area contributed by atoms with Crippen molar-refractivity contribution in [1.82, 2.24) is 4.90 Å². The molecule has 1 aliphatic heterocycles. The molecule has 0 bridgehead atoms. The van der Waals surface area contributed by atoms with Crippen LogP contribution in [0.2, 0.25) is 5.02 Å². The molecule has 1 unspecified atom stereocenters. The second-order valence-corrected chi connectivity index (χ2v) is 7.14. The molecule has 1 fully saturated rings. The number of hydrogen-bond donors (Lipinski definition) is 1. The summed E-state index contributed by atoms with van der Waals surface area (Å²) in [6.07, 6.45) is 2.55. The standard InChI is InChI=1S/C18H17ClN2O3S/c19-13-3-1-2-12(10-13)16-6-4-14(25-16)5-7-17(22)21-8-9-24-15(11-21)18(20)23/h1-7,10,15H,8-9,11H2,(H2,20,23)/b7-5+. The third-order valence-electron chi connectivity index (χ3n) is 3.82. The molecular weight excluding hydrogens is 360 g/mol. The van der Waals surface area contributed by atoms with Crippen molar-refractivity contribution in [3.8, 4) is 10.4 Å². The Morgan fingerprint density at radius 2 is 2.16 bits per heavy atom. The van der Waals surface area contributed by atoms with Crippen LogP contribution in [-0.4, -0.2) is 42.5 Å². The molecule has 1 aromatic heterocycles. The van der Waals surface area contributed by atoms with E-state index in [9.17, 15) is 9.59 Å². The van der Waals surface area contributed by atoms with Crippen LogP contribution in [0.3, 0.4) is 0 Å². The fourth-order valence-corrected chi connectivity index (χ4v) is 3.62. The SMILES string of the molecule is NC(=O)C1CN(C(=O)/C=C/c2ccc(-c3cccc(Cl)c3)s2)CCO1. The number of ether oxygens (including phenoxy) is 1.